The summed E-state index contributed by atoms with van der Waals surface area (Å²) in [6.45, 7) is 3.22. The second-order valence-electron chi connectivity index (χ2n) is 7.75. The lowest BCUT2D eigenvalue weighted by Crippen LogP contribution is -2.37. The van der Waals surface area contributed by atoms with Crippen molar-refractivity contribution >= 4 is 11.9 Å². The highest BCUT2D eigenvalue weighted by molar-refractivity contribution is 5.86. The fourth-order valence-corrected chi connectivity index (χ4v) is 3.29. The summed E-state index contributed by atoms with van der Waals surface area (Å²) in [4.78, 5) is 25.3. The highest BCUT2D eigenvalue weighted by atomic mass is 16.5. The van der Waals surface area contributed by atoms with E-state index in [4.69, 9.17) is 9.47 Å². The molecule has 3 aromatic rings. The molecule has 3 aromatic carbocycles. The van der Waals surface area contributed by atoms with Crippen LogP contribution in [-0.2, 0) is 19.7 Å². The number of nitrogens with one attached hydrogen (secondary N) is 1. The van der Waals surface area contributed by atoms with Crippen molar-refractivity contribution < 1.29 is 19.1 Å². The largest absolute Gasteiger partial charge is 0.497 e. The Morgan fingerprint density at radius 1 is 0.839 bits per heavy atom. The van der Waals surface area contributed by atoms with Gasteiger partial charge in [0.1, 0.15) is 5.75 Å². The molecule has 0 aromatic heterocycles. The van der Waals surface area contributed by atoms with E-state index in [1.54, 1.807) is 21.0 Å². The molecule has 31 heavy (non-hydrogen) atoms. The second-order valence-corrected chi connectivity index (χ2v) is 7.75. The Hall–Kier alpha value is -3.60. The first-order valence-corrected chi connectivity index (χ1v) is 10.1. The molecule has 0 unspecified atom stereocenters. The molecule has 0 saturated heterocycles. The molecular formula is C26H27NO4. The lowest BCUT2D eigenvalue weighted by Gasteiger charge is -2.24. The van der Waals surface area contributed by atoms with Gasteiger partial charge >= 0.3 is 5.97 Å². The number of methoxy groups -OCH3 is 1. The van der Waals surface area contributed by atoms with E-state index in [0.29, 0.717) is 0 Å². The molecule has 0 aliphatic rings. The molecule has 160 valence electrons. The van der Waals surface area contributed by atoms with Gasteiger partial charge in [-0.05, 0) is 42.7 Å². The van der Waals surface area contributed by atoms with Crippen LogP contribution in [0, 0.1) is 0 Å². The van der Waals surface area contributed by atoms with Crippen LogP contribution in [0.3, 0.4) is 0 Å². The topological polar surface area (TPSA) is 64.6 Å². The number of rotatable bonds is 8. The fraction of sp³-hybridized carbons (Fsp3) is 0.231. The maximum Gasteiger partial charge on any atom is 0.316 e. The maximum atomic E-state index is 12.7. The van der Waals surface area contributed by atoms with Crippen molar-refractivity contribution in [2.75, 3.05) is 13.7 Å². The maximum absolute atomic E-state index is 12.7. The van der Waals surface area contributed by atoms with Crippen molar-refractivity contribution in [3.63, 3.8) is 0 Å². The Bertz CT molecular complexity index is 999. The van der Waals surface area contributed by atoms with Crippen molar-refractivity contribution in [2.45, 2.75) is 25.3 Å². The fourth-order valence-electron chi connectivity index (χ4n) is 3.29. The number of carbonyl (C=O) groups is 2. The van der Waals surface area contributed by atoms with Gasteiger partial charge in [0.25, 0.3) is 5.91 Å². The van der Waals surface area contributed by atoms with E-state index in [-0.39, 0.29) is 18.6 Å². The van der Waals surface area contributed by atoms with Crippen LogP contribution in [0.25, 0.3) is 0 Å². The van der Waals surface area contributed by atoms with Crippen LogP contribution >= 0.6 is 0 Å². The molecule has 5 nitrogen and oxygen atoms in total. The van der Waals surface area contributed by atoms with E-state index in [9.17, 15) is 9.59 Å². The summed E-state index contributed by atoms with van der Waals surface area (Å²) in [5, 5.41) is 2.98. The number of ether oxygens (including phenoxy) is 2. The van der Waals surface area contributed by atoms with Crippen LogP contribution in [0.4, 0.5) is 0 Å². The standard InChI is InChI=1S/C26H27NO4/c1-26(2,21-12-8-5-9-13-21)25(29)31-18-23(28)27-24(19-10-6-4-7-11-19)20-14-16-22(30-3)17-15-20/h4-17,24H,18H2,1-3H3,(H,27,28)/t24-/m1/s1. The van der Waals surface area contributed by atoms with Gasteiger partial charge < -0.3 is 14.8 Å². The zero-order valence-electron chi connectivity index (χ0n) is 18.0. The van der Waals surface area contributed by atoms with E-state index >= 15 is 0 Å². The van der Waals surface area contributed by atoms with Gasteiger partial charge in [0.15, 0.2) is 6.61 Å². The Morgan fingerprint density at radius 3 is 1.97 bits per heavy atom. The molecule has 3 rings (SSSR count). The Kier molecular flexibility index (Phi) is 7.08. The predicted molar refractivity (Wildman–Crippen MR) is 120 cm³/mol. The van der Waals surface area contributed by atoms with Gasteiger partial charge in [-0.1, -0.05) is 72.8 Å². The van der Waals surface area contributed by atoms with Crippen LogP contribution < -0.4 is 10.1 Å². The first-order valence-electron chi connectivity index (χ1n) is 10.1. The SMILES string of the molecule is COc1ccc([C@H](NC(=O)COC(=O)C(C)(C)c2ccccc2)c2ccccc2)cc1. The van der Waals surface area contributed by atoms with Gasteiger partial charge in [0.05, 0.1) is 18.6 Å². The molecule has 1 amide bonds. The first kappa shape index (κ1) is 22.1. The average Bonchev–Trinajstić information content (AvgIpc) is 2.82. The number of amides is 1. The summed E-state index contributed by atoms with van der Waals surface area (Å²) in [6.07, 6.45) is 0. The molecular weight excluding hydrogens is 390 g/mol. The van der Waals surface area contributed by atoms with Crippen LogP contribution in [0.5, 0.6) is 5.75 Å². The minimum absolute atomic E-state index is 0.353. The quantitative estimate of drug-likeness (QED) is 0.551. The Balaban J connectivity index is 1.70. The summed E-state index contributed by atoms with van der Waals surface area (Å²) in [6, 6.07) is 26.1. The molecule has 0 heterocycles. The molecule has 0 aliphatic carbocycles. The summed E-state index contributed by atoms with van der Waals surface area (Å²) >= 11 is 0. The van der Waals surface area contributed by atoms with E-state index in [1.165, 1.54) is 0 Å². The smallest absolute Gasteiger partial charge is 0.316 e. The minimum Gasteiger partial charge on any atom is -0.497 e. The Morgan fingerprint density at radius 2 is 1.39 bits per heavy atom. The molecule has 0 saturated carbocycles. The minimum atomic E-state index is -0.851. The van der Waals surface area contributed by atoms with Crippen LogP contribution in [-0.4, -0.2) is 25.6 Å². The van der Waals surface area contributed by atoms with Crippen LogP contribution in [0.1, 0.15) is 36.6 Å². The Labute approximate surface area is 183 Å². The number of carbonyl (C=O) groups excluding carboxylic acids is 2. The van der Waals surface area contributed by atoms with Crippen molar-refractivity contribution in [1.82, 2.24) is 5.32 Å². The molecule has 0 bridgehead atoms. The molecule has 0 aliphatic heterocycles. The van der Waals surface area contributed by atoms with Crippen molar-refractivity contribution in [3.05, 3.63) is 102 Å². The van der Waals surface area contributed by atoms with E-state index in [1.807, 2.05) is 84.9 Å². The third kappa shape index (κ3) is 5.51. The van der Waals surface area contributed by atoms with E-state index in [2.05, 4.69) is 5.32 Å². The third-order valence-electron chi connectivity index (χ3n) is 5.23. The lowest BCUT2D eigenvalue weighted by atomic mass is 9.85. The molecule has 5 heteroatoms. The number of esters is 1. The lowest BCUT2D eigenvalue weighted by molar-refractivity contribution is -0.153. The van der Waals surface area contributed by atoms with Gasteiger partial charge in [-0.2, -0.15) is 0 Å². The summed E-state index contributed by atoms with van der Waals surface area (Å²) < 4.78 is 10.6. The number of hydrogen-bond acceptors (Lipinski definition) is 4. The third-order valence-corrected chi connectivity index (χ3v) is 5.23. The average molecular weight is 418 g/mol. The van der Waals surface area contributed by atoms with Gasteiger partial charge in [-0.3, -0.25) is 9.59 Å². The highest BCUT2D eigenvalue weighted by Crippen LogP contribution is 2.26. The second kappa shape index (κ2) is 9.94. The highest BCUT2D eigenvalue weighted by Gasteiger charge is 2.32. The van der Waals surface area contributed by atoms with Crippen molar-refractivity contribution in [2.24, 2.45) is 0 Å². The molecule has 1 N–H and O–H groups in total. The van der Waals surface area contributed by atoms with Crippen LogP contribution in [0.15, 0.2) is 84.9 Å². The van der Waals surface area contributed by atoms with E-state index < -0.39 is 11.4 Å². The van der Waals surface area contributed by atoms with Gasteiger partial charge in [0.2, 0.25) is 0 Å². The van der Waals surface area contributed by atoms with Crippen molar-refractivity contribution in [1.29, 1.82) is 0 Å². The molecule has 0 fully saturated rings. The monoisotopic (exact) mass is 417 g/mol. The zero-order chi connectivity index (χ0) is 22.3. The first-order chi connectivity index (χ1) is 14.9. The summed E-state index contributed by atoms with van der Waals surface area (Å²) in [5.41, 5.74) is 1.81. The number of benzene rings is 3. The summed E-state index contributed by atoms with van der Waals surface area (Å²) in [7, 11) is 1.61. The normalized spacial score (nSPS) is 12.0. The number of hydrogen-bond donors (Lipinski definition) is 1. The van der Waals surface area contributed by atoms with Crippen molar-refractivity contribution in [3.8, 4) is 5.75 Å². The van der Waals surface area contributed by atoms with Crippen LogP contribution in [0.2, 0.25) is 0 Å². The molecule has 0 radical (unpaired) electrons. The van der Waals surface area contributed by atoms with Gasteiger partial charge in [0, 0.05) is 0 Å². The zero-order valence-corrected chi connectivity index (χ0v) is 18.0. The van der Waals surface area contributed by atoms with E-state index in [0.717, 1.165) is 22.4 Å². The van der Waals surface area contributed by atoms with Gasteiger partial charge in [-0.15, -0.1) is 0 Å². The van der Waals surface area contributed by atoms with Gasteiger partial charge in [-0.25, -0.2) is 0 Å². The molecule has 1 atom stereocenters. The molecule has 0 spiro atoms. The predicted octanol–water partition coefficient (Wildman–Crippen LogP) is 4.42. The summed E-state index contributed by atoms with van der Waals surface area (Å²) in [5.74, 6) is -0.0876.